The van der Waals surface area contributed by atoms with E-state index in [4.69, 9.17) is 5.11 Å². The molecule has 0 spiro atoms. The minimum absolute atomic E-state index is 0.0906. The Hall–Kier alpha value is -1.26. The quantitative estimate of drug-likeness (QED) is 0.838. The zero-order valence-corrected chi connectivity index (χ0v) is 13.2. The Labute approximate surface area is 127 Å². The molecule has 2 amide bonds. The van der Waals surface area contributed by atoms with Gasteiger partial charge in [-0.2, -0.15) is 0 Å². The van der Waals surface area contributed by atoms with Crippen molar-refractivity contribution in [1.82, 2.24) is 10.2 Å². The van der Waals surface area contributed by atoms with E-state index in [2.05, 4.69) is 19.2 Å². The first-order valence-electron chi connectivity index (χ1n) is 8.19. The first-order valence-corrected chi connectivity index (χ1v) is 8.19. The molecule has 0 aliphatic heterocycles. The third-order valence-electron chi connectivity index (χ3n) is 5.14. The number of carbonyl (C=O) groups excluding carboxylic acids is 1. The lowest BCUT2D eigenvalue weighted by Crippen LogP contribution is -2.54. The summed E-state index contributed by atoms with van der Waals surface area (Å²) in [6.07, 6.45) is 8.47. The number of carboxylic acid groups (broad SMARTS) is 1. The second kappa shape index (κ2) is 6.67. The molecule has 0 heterocycles. The smallest absolute Gasteiger partial charge is 0.323 e. The van der Waals surface area contributed by atoms with E-state index in [9.17, 15) is 9.59 Å². The van der Waals surface area contributed by atoms with Crippen molar-refractivity contribution in [2.24, 2.45) is 5.41 Å². The van der Waals surface area contributed by atoms with Crippen molar-refractivity contribution in [2.75, 3.05) is 6.54 Å². The van der Waals surface area contributed by atoms with Gasteiger partial charge in [-0.1, -0.05) is 39.5 Å². The van der Waals surface area contributed by atoms with Crippen LogP contribution >= 0.6 is 0 Å². The van der Waals surface area contributed by atoms with E-state index in [-0.39, 0.29) is 30.1 Å². The van der Waals surface area contributed by atoms with Crippen LogP contribution in [0.1, 0.15) is 65.2 Å². The van der Waals surface area contributed by atoms with Gasteiger partial charge in [-0.25, -0.2) is 4.79 Å². The summed E-state index contributed by atoms with van der Waals surface area (Å²) in [5.41, 5.74) is 0.0957. The van der Waals surface area contributed by atoms with Crippen molar-refractivity contribution in [3.63, 3.8) is 0 Å². The Bertz CT molecular complexity index is 389. The number of carboxylic acids is 1. The van der Waals surface area contributed by atoms with Gasteiger partial charge in [0.1, 0.15) is 6.54 Å². The minimum atomic E-state index is -0.931. The van der Waals surface area contributed by atoms with Crippen molar-refractivity contribution in [1.29, 1.82) is 0 Å². The third-order valence-corrected chi connectivity index (χ3v) is 5.14. The summed E-state index contributed by atoms with van der Waals surface area (Å²) >= 11 is 0. The maximum Gasteiger partial charge on any atom is 0.323 e. The molecule has 2 aliphatic rings. The molecule has 5 nitrogen and oxygen atoms in total. The lowest BCUT2D eigenvalue weighted by atomic mass is 9.73. The molecule has 0 aromatic carbocycles. The molecule has 1 unspecified atom stereocenters. The summed E-state index contributed by atoms with van der Waals surface area (Å²) in [6, 6.07) is 0.0496. The van der Waals surface area contributed by atoms with Crippen LogP contribution in [-0.2, 0) is 4.79 Å². The molecule has 2 fully saturated rings. The minimum Gasteiger partial charge on any atom is -0.480 e. The van der Waals surface area contributed by atoms with Gasteiger partial charge in [0.2, 0.25) is 0 Å². The number of rotatable bonds is 4. The molecule has 0 aromatic rings. The van der Waals surface area contributed by atoms with Gasteiger partial charge in [0.15, 0.2) is 0 Å². The fourth-order valence-electron chi connectivity index (χ4n) is 3.72. The van der Waals surface area contributed by atoms with Crippen molar-refractivity contribution in [3.8, 4) is 0 Å². The van der Waals surface area contributed by atoms with E-state index in [0.717, 1.165) is 44.9 Å². The van der Waals surface area contributed by atoms with Crippen LogP contribution in [0, 0.1) is 5.41 Å². The molecule has 2 rings (SSSR count). The highest BCUT2D eigenvalue weighted by molar-refractivity contribution is 5.80. The molecule has 120 valence electrons. The molecule has 5 heteroatoms. The zero-order valence-electron chi connectivity index (χ0n) is 13.2. The number of aliphatic carboxylic acids is 1. The predicted octanol–water partition coefficient (Wildman–Crippen LogP) is 2.99. The number of hydrogen-bond acceptors (Lipinski definition) is 2. The highest BCUT2D eigenvalue weighted by Gasteiger charge is 2.36. The standard InChI is InChI=1S/C16H28N2O3/c1-16(2)10-6-5-9-13(16)17-15(21)18(11-14(19)20)12-7-3-4-8-12/h12-13H,3-11H2,1-2H3,(H,17,21)(H,19,20). The van der Waals surface area contributed by atoms with Crippen molar-refractivity contribution < 1.29 is 14.7 Å². The average molecular weight is 296 g/mol. The molecular weight excluding hydrogens is 268 g/mol. The fourth-order valence-corrected chi connectivity index (χ4v) is 3.72. The Morgan fingerprint density at radius 3 is 2.33 bits per heavy atom. The van der Waals surface area contributed by atoms with Gasteiger partial charge in [-0.3, -0.25) is 4.79 Å². The van der Waals surface area contributed by atoms with E-state index < -0.39 is 5.97 Å². The maximum absolute atomic E-state index is 12.6. The predicted molar refractivity (Wildman–Crippen MR) is 81.2 cm³/mol. The monoisotopic (exact) mass is 296 g/mol. The maximum atomic E-state index is 12.6. The summed E-state index contributed by atoms with van der Waals surface area (Å²) in [5.74, 6) is -0.931. The Morgan fingerprint density at radius 1 is 1.14 bits per heavy atom. The molecule has 1 atom stereocenters. The van der Waals surface area contributed by atoms with Gasteiger partial charge in [0.05, 0.1) is 0 Å². The third kappa shape index (κ3) is 4.11. The van der Waals surface area contributed by atoms with Crippen LogP contribution in [0.4, 0.5) is 4.79 Å². The van der Waals surface area contributed by atoms with Gasteiger partial charge >= 0.3 is 12.0 Å². The molecule has 0 radical (unpaired) electrons. The first-order chi connectivity index (χ1) is 9.90. The molecule has 21 heavy (non-hydrogen) atoms. The van der Waals surface area contributed by atoms with E-state index >= 15 is 0 Å². The molecule has 2 N–H and O–H groups in total. The van der Waals surface area contributed by atoms with Crippen LogP contribution in [-0.4, -0.2) is 40.6 Å². The van der Waals surface area contributed by atoms with Crippen molar-refractivity contribution in [3.05, 3.63) is 0 Å². The van der Waals surface area contributed by atoms with E-state index in [1.54, 1.807) is 4.90 Å². The Morgan fingerprint density at radius 2 is 1.76 bits per heavy atom. The van der Waals surface area contributed by atoms with E-state index in [1.807, 2.05) is 0 Å². The van der Waals surface area contributed by atoms with Crippen molar-refractivity contribution in [2.45, 2.75) is 77.3 Å². The summed E-state index contributed by atoms with van der Waals surface area (Å²) in [5, 5.41) is 12.2. The van der Waals surface area contributed by atoms with Gasteiger partial charge in [0, 0.05) is 12.1 Å². The summed E-state index contributed by atoms with van der Waals surface area (Å²) in [4.78, 5) is 25.2. The molecule has 0 bridgehead atoms. The lowest BCUT2D eigenvalue weighted by Gasteiger charge is -2.40. The first kappa shape index (κ1) is 16.1. The topological polar surface area (TPSA) is 69.6 Å². The van der Waals surface area contributed by atoms with E-state index in [1.165, 1.54) is 6.42 Å². The molecule has 0 saturated heterocycles. The Balaban J connectivity index is 2.01. The van der Waals surface area contributed by atoms with E-state index in [0.29, 0.717) is 0 Å². The second-order valence-electron chi connectivity index (χ2n) is 7.20. The van der Waals surface area contributed by atoms with Crippen LogP contribution in [0.2, 0.25) is 0 Å². The number of amides is 2. The van der Waals surface area contributed by atoms with Crippen LogP contribution in [0.15, 0.2) is 0 Å². The fraction of sp³-hybridized carbons (Fsp3) is 0.875. The van der Waals surface area contributed by atoms with Crippen LogP contribution in [0.5, 0.6) is 0 Å². The number of nitrogens with one attached hydrogen (secondary N) is 1. The van der Waals surface area contributed by atoms with Gasteiger partial charge < -0.3 is 15.3 Å². The molecule has 0 aromatic heterocycles. The van der Waals surface area contributed by atoms with Gasteiger partial charge in [-0.05, 0) is 31.1 Å². The van der Waals surface area contributed by atoms with Gasteiger partial charge in [-0.15, -0.1) is 0 Å². The number of carbonyl (C=O) groups is 2. The van der Waals surface area contributed by atoms with Gasteiger partial charge in [0.25, 0.3) is 0 Å². The molecule has 2 saturated carbocycles. The Kier molecular flexibility index (Phi) is 5.12. The summed E-state index contributed by atoms with van der Waals surface area (Å²) < 4.78 is 0. The average Bonchev–Trinajstić information content (AvgIpc) is 2.91. The number of hydrogen-bond donors (Lipinski definition) is 2. The van der Waals surface area contributed by atoms with Crippen LogP contribution in [0.25, 0.3) is 0 Å². The SMILES string of the molecule is CC1(C)CCCCC1NC(=O)N(CC(=O)O)C1CCCC1. The normalized spacial score (nSPS) is 25.5. The molecular formula is C16H28N2O3. The largest absolute Gasteiger partial charge is 0.480 e. The second-order valence-corrected chi connectivity index (χ2v) is 7.20. The summed E-state index contributed by atoms with van der Waals surface area (Å²) in [7, 11) is 0. The molecule has 2 aliphatic carbocycles. The zero-order chi connectivity index (χ0) is 15.5. The summed E-state index contributed by atoms with van der Waals surface area (Å²) in [6.45, 7) is 4.19. The highest BCUT2D eigenvalue weighted by atomic mass is 16.4. The van der Waals surface area contributed by atoms with Crippen LogP contribution in [0.3, 0.4) is 0 Å². The van der Waals surface area contributed by atoms with Crippen LogP contribution < -0.4 is 5.32 Å². The van der Waals surface area contributed by atoms with Crippen molar-refractivity contribution >= 4 is 12.0 Å². The number of urea groups is 1. The number of nitrogens with zero attached hydrogens (tertiary/aromatic N) is 1. The highest BCUT2D eigenvalue weighted by Crippen LogP contribution is 2.35. The lowest BCUT2D eigenvalue weighted by molar-refractivity contribution is -0.138.